The van der Waals surface area contributed by atoms with Crippen LogP contribution >= 0.6 is 0 Å². The lowest BCUT2D eigenvalue weighted by atomic mass is 9.86. The lowest BCUT2D eigenvalue weighted by Gasteiger charge is -2.30. The largest absolute Gasteiger partial charge is 0.292 e. The molecule has 0 unspecified atom stereocenters. The average molecular weight is 371 g/mol. The van der Waals surface area contributed by atoms with Crippen molar-refractivity contribution in [2.75, 3.05) is 4.90 Å². The number of fused-ring (bicyclic) bond motifs is 3. The van der Waals surface area contributed by atoms with Crippen LogP contribution in [-0.4, -0.2) is 40.9 Å². The minimum atomic E-state index is -0.802. The van der Waals surface area contributed by atoms with E-state index in [0.29, 0.717) is 11.3 Å². The van der Waals surface area contributed by atoms with Gasteiger partial charge in [0.1, 0.15) is 6.04 Å². The number of carbonyl (C=O) groups excluding carboxylic acids is 3. The minimum absolute atomic E-state index is 0.193. The van der Waals surface area contributed by atoms with Crippen molar-refractivity contribution < 1.29 is 14.4 Å². The van der Waals surface area contributed by atoms with Crippen LogP contribution < -0.4 is 4.90 Å². The molecular weight excluding hydrogens is 354 g/mol. The van der Waals surface area contributed by atoms with Crippen LogP contribution in [0, 0.1) is 11.8 Å². The highest BCUT2D eigenvalue weighted by Crippen LogP contribution is 2.46. The number of ketones is 1. The summed E-state index contributed by atoms with van der Waals surface area (Å²) in [5.41, 5.74) is 1.04. The maximum absolute atomic E-state index is 13.3. The fourth-order valence-electron chi connectivity index (χ4n) is 4.44. The Balaban J connectivity index is 1.60. The van der Waals surface area contributed by atoms with E-state index in [-0.39, 0.29) is 17.6 Å². The second-order valence-electron chi connectivity index (χ2n) is 7.09. The first-order chi connectivity index (χ1) is 13.7. The molecule has 0 saturated carbocycles. The molecule has 2 aromatic carbocycles. The van der Waals surface area contributed by atoms with Crippen molar-refractivity contribution >= 4 is 29.5 Å². The first-order valence-corrected chi connectivity index (χ1v) is 9.20. The third-order valence-corrected chi connectivity index (χ3v) is 5.63. The van der Waals surface area contributed by atoms with Gasteiger partial charge in [0, 0.05) is 11.8 Å². The molecule has 28 heavy (non-hydrogen) atoms. The number of hydrogen-bond donors (Lipinski definition) is 0. The molecule has 0 spiro atoms. The number of rotatable bonds is 3. The highest BCUT2D eigenvalue weighted by molar-refractivity contribution is 6.24. The van der Waals surface area contributed by atoms with Crippen LogP contribution in [0.4, 0.5) is 5.69 Å². The summed E-state index contributed by atoms with van der Waals surface area (Å²) in [6.07, 6.45) is 5.20. The van der Waals surface area contributed by atoms with Gasteiger partial charge >= 0.3 is 0 Å². The van der Waals surface area contributed by atoms with Gasteiger partial charge in [-0.2, -0.15) is 5.10 Å². The van der Waals surface area contributed by atoms with Gasteiger partial charge in [0.15, 0.2) is 5.78 Å². The highest BCUT2D eigenvalue weighted by Gasteiger charge is 2.64. The van der Waals surface area contributed by atoms with Gasteiger partial charge in [0.05, 0.1) is 23.6 Å². The SMILES string of the molecule is O=C(c1ccccc1)[C@H]1[C@H]2C(=O)N(c3ccccc3)C(=O)[C@@H]2[C@H]2C=CC=NN21. The maximum Gasteiger partial charge on any atom is 0.240 e. The van der Waals surface area contributed by atoms with Gasteiger partial charge in [0.2, 0.25) is 11.8 Å². The lowest BCUT2D eigenvalue weighted by Crippen LogP contribution is -2.46. The Morgan fingerprint density at radius 1 is 0.857 bits per heavy atom. The van der Waals surface area contributed by atoms with E-state index in [9.17, 15) is 14.4 Å². The molecule has 3 aliphatic rings. The topological polar surface area (TPSA) is 70.0 Å². The smallest absolute Gasteiger partial charge is 0.240 e. The van der Waals surface area contributed by atoms with Crippen molar-refractivity contribution in [3.8, 4) is 0 Å². The van der Waals surface area contributed by atoms with E-state index in [0.717, 1.165) is 0 Å². The zero-order chi connectivity index (χ0) is 19.3. The quantitative estimate of drug-likeness (QED) is 0.613. The number of amides is 2. The third-order valence-electron chi connectivity index (χ3n) is 5.63. The number of nitrogens with zero attached hydrogens (tertiary/aromatic N) is 3. The number of carbonyl (C=O) groups is 3. The van der Waals surface area contributed by atoms with Crippen molar-refractivity contribution in [2.45, 2.75) is 12.1 Å². The molecule has 138 valence electrons. The number of anilines is 1. The first kappa shape index (κ1) is 16.6. The average Bonchev–Trinajstić information content (AvgIpc) is 3.22. The Morgan fingerprint density at radius 2 is 1.50 bits per heavy atom. The molecule has 0 radical (unpaired) electrons. The van der Waals surface area contributed by atoms with E-state index in [1.807, 2.05) is 18.2 Å². The number of hydrogen-bond acceptors (Lipinski definition) is 5. The van der Waals surface area contributed by atoms with E-state index in [1.54, 1.807) is 65.8 Å². The molecule has 4 atom stereocenters. The summed E-state index contributed by atoms with van der Waals surface area (Å²) < 4.78 is 0. The van der Waals surface area contributed by atoms with Gasteiger partial charge in [-0.3, -0.25) is 19.4 Å². The van der Waals surface area contributed by atoms with Crippen molar-refractivity contribution in [1.82, 2.24) is 5.01 Å². The zero-order valence-electron chi connectivity index (χ0n) is 14.9. The molecule has 2 saturated heterocycles. The highest BCUT2D eigenvalue weighted by atomic mass is 16.2. The molecule has 2 aromatic rings. The number of allylic oxidation sites excluding steroid dienone is 1. The number of Topliss-reactive ketones (excluding diaryl/α,β-unsaturated/α-hetero) is 1. The molecule has 0 aliphatic carbocycles. The molecule has 6 nitrogen and oxygen atoms in total. The fourth-order valence-corrected chi connectivity index (χ4v) is 4.44. The number of hydrazone groups is 1. The van der Waals surface area contributed by atoms with Crippen molar-refractivity contribution in [2.24, 2.45) is 16.9 Å². The van der Waals surface area contributed by atoms with Crippen LogP contribution in [0.2, 0.25) is 0 Å². The third kappa shape index (κ3) is 2.27. The standard InChI is InChI=1S/C22H17N3O3/c26-20(14-8-3-1-4-9-14)19-18-17(16-12-7-13-23-25(16)19)21(27)24(22(18)28)15-10-5-2-6-11-15/h1-13,16-19H/t16-,17-,18+,19-/m1/s1. The Labute approximate surface area is 161 Å². The van der Waals surface area contributed by atoms with Crippen LogP contribution in [0.15, 0.2) is 77.9 Å². The van der Waals surface area contributed by atoms with Crippen LogP contribution in [0.3, 0.4) is 0 Å². The zero-order valence-corrected chi connectivity index (χ0v) is 14.9. The van der Waals surface area contributed by atoms with Crippen molar-refractivity contribution in [3.63, 3.8) is 0 Å². The molecule has 2 fully saturated rings. The summed E-state index contributed by atoms with van der Waals surface area (Å²) >= 11 is 0. The van der Waals surface area contributed by atoms with Crippen LogP contribution in [0.25, 0.3) is 0 Å². The van der Waals surface area contributed by atoms with E-state index in [1.165, 1.54) is 4.90 Å². The summed E-state index contributed by atoms with van der Waals surface area (Å²) in [4.78, 5) is 41.1. The maximum atomic E-state index is 13.3. The van der Waals surface area contributed by atoms with Crippen molar-refractivity contribution in [3.05, 3.63) is 78.4 Å². The fraction of sp³-hybridized carbons (Fsp3) is 0.182. The molecule has 6 heteroatoms. The van der Waals surface area contributed by atoms with Gasteiger partial charge in [-0.25, -0.2) is 4.90 Å². The molecular formula is C22H17N3O3. The molecule has 0 N–H and O–H groups in total. The Kier molecular flexibility index (Phi) is 3.72. The number of imide groups is 1. The van der Waals surface area contributed by atoms with E-state index < -0.39 is 23.9 Å². The van der Waals surface area contributed by atoms with Gasteiger partial charge in [-0.1, -0.05) is 54.6 Å². The van der Waals surface area contributed by atoms with Crippen molar-refractivity contribution in [1.29, 1.82) is 0 Å². The second kappa shape index (κ2) is 6.27. The second-order valence-corrected chi connectivity index (χ2v) is 7.09. The molecule has 0 bridgehead atoms. The molecule has 0 aromatic heterocycles. The van der Waals surface area contributed by atoms with Crippen LogP contribution in [0.1, 0.15) is 10.4 Å². The summed E-state index contributed by atoms with van der Waals surface area (Å²) in [7, 11) is 0. The van der Waals surface area contributed by atoms with Gasteiger partial charge in [-0.15, -0.1) is 0 Å². The Morgan fingerprint density at radius 3 is 2.21 bits per heavy atom. The summed E-state index contributed by atoms with van der Waals surface area (Å²) in [6, 6.07) is 16.5. The lowest BCUT2D eigenvalue weighted by molar-refractivity contribution is -0.123. The van der Waals surface area contributed by atoms with E-state index in [2.05, 4.69) is 5.10 Å². The summed E-state index contributed by atoms with van der Waals surface area (Å²) in [5.74, 6) is -2.19. The van der Waals surface area contributed by atoms with Crippen LogP contribution in [0.5, 0.6) is 0 Å². The molecule has 3 heterocycles. The predicted molar refractivity (Wildman–Crippen MR) is 104 cm³/mol. The first-order valence-electron chi connectivity index (χ1n) is 9.20. The van der Waals surface area contributed by atoms with Gasteiger partial charge < -0.3 is 0 Å². The molecule has 2 amide bonds. The number of para-hydroxylation sites is 1. The summed E-state index contributed by atoms with van der Waals surface area (Å²) in [6.45, 7) is 0. The predicted octanol–water partition coefficient (Wildman–Crippen LogP) is 2.28. The summed E-state index contributed by atoms with van der Waals surface area (Å²) in [5, 5.41) is 5.97. The molecule has 3 aliphatic heterocycles. The Bertz CT molecular complexity index is 1020. The normalized spacial score (nSPS) is 27.9. The van der Waals surface area contributed by atoms with Gasteiger partial charge in [0.25, 0.3) is 0 Å². The Hall–Kier alpha value is -3.54. The van der Waals surface area contributed by atoms with E-state index >= 15 is 0 Å². The van der Waals surface area contributed by atoms with Crippen LogP contribution in [-0.2, 0) is 9.59 Å². The molecule has 5 rings (SSSR count). The van der Waals surface area contributed by atoms with E-state index in [4.69, 9.17) is 0 Å². The number of benzene rings is 2. The minimum Gasteiger partial charge on any atom is -0.292 e. The van der Waals surface area contributed by atoms with Gasteiger partial charge in [-0.05, 0) is 18.2 Å². The monoisotopic (exact) mass is 371 g/mol.